The van der Waals surface area contributed by atoms with Crippen molar-refractivity contribution < 1.29 is 5.11 Å². The van der Waals surface area contributed by atoms with Crippen molar-refractivity contribution in [3.8, 4) is 0 Å². The first-order valence-corrected chi connectivity index (χ1v) is 8.55. The summed E-state index contributed by atoms with van der Waals surface area (Å²) in [6.07, 6.45) is 6.58. The van der Waals surface area contributed by atoms with Crippen LogP contribution in [0.2, 0.25) is 0 Å². The van der Waals surface area contributed by atoms with Gasteiger partial charge in [0.2, 0.25) is 0 Å². The lowest BCUT2D eigenvalue weighted by molar-refractivity contribution is -0.0367. The van der Waals surface area contributed by atoms with Crippen LogP contribution in [0, 0.1) is 0 Å². The molecule has 0 saturated carbocycles. The van der Waals surface area contributed by atoms with Gasteiger partial charge in [-0.25, -0.2) is 0 Å². The van der Waals surface area contributed by atoms with Crippen molar-refractivity contribution in [2.75, 3.05) is 13.1 Å². The largest absolute Gasteiger partial charge is 0.391 e. The molecule has 1 saturated heterocycles. The molecule has 0 aromatic carbocycles. The lowest BCUT2D eigenvalue weighted by Gasteiger charge is -2.46. The average Bonchev–Trinajstić information content (AvgIpc) is 2.98. The number of piperidine rings is 1. The summed E-state index contributed by atoms with van der Waals surface area (Å²) in [6, 6.07) is 2.17. The maximum absolute atomic E-state index is 10.7. The molecule has 2 unspecified atom stereocenters. The third kappa shape index (κ3) is 3.59. The molecular weight excluding hydrogens is 254 g/mol. The van der Waals surface area contributed by atoms with Crippen LogP contribution < -0.4 is 0 Å². The molecule has 2 nitrogen and oxygen atoms in total. The molecule has 1 aromatic heterocycles. The predicted octanol–water partition coefficient (Wildman–Crippen LogP) is 3.70. The van der Waals surface area contributed by atoms with Crippen LogP contribution in [-0.2, 0) is 6.42 Å². The Morgan fingerprint density at radius 2 is 2.11 bits per heavy atom. The summed E-state index contributed by atoms with van der Waals surface area (Å²) in [4.78, 5) is 2.52. The Morgan fingerprint density at radius 3 is 2.68 bits per heavy atom. The number of hydrogen-bond donors (Lipinski definition) is 1. The highest BCUT2D eigenvalue weighted by Gasteiger charge is 2.37. The minimum atomic E-state index is -0.226. The van der Waals surface area contributed by atoms with Crippen molar-refractivity contribution >= 4 is 11.3 Å². The maximum atomic E-state index is 10.7. The highest BCUT2D eigenvalue weighted by molar-refractivity contribution is 7.07. The lowest BCUT2D eigenvalue weighted by Crippen LogP contribution is -2.56. The minimum Gasteiger partial charge on any atom is -0.391 e. The zero-order chi connectivity index (χ0) is 13.7. The fourth-order valence-corrected chi connectivity index (χ4v) is 3.83. The summed E-state index contributed by atoms with van der Waals surface area (Å²) in [5.41, 5.74) is 1.32. The Hall–Kier alpha value is -0.380. The van der Waals surface area contributed by atoms with Crippen LogP contribution in [0.1, 0.15) is 51.5 Å². The van der Waals surface area contributed by atoms with Gasteiger partial charge in [-0.05, 0) is 74.5 Å². The van der Waals surface area contributed by atoms with Crippen LogP contribution in [0.25, 0.3) is 0 Å². The summed E-state index contributed by atoms with van der Waals surface area (Å²) in [5, 5.41) is 15.0. The number of likely N-dealkylation sites (tertiary alicyclic amines) is 1. The third-order valence-corrected chi connectivity index (χ3v) is 5.53. The van der Waals surface area contributed by atoms with Crippen molar-refractivity contribution in [2.24, 2.45) is 0 Å². The van der Waals surface area contributed by atoms with E-state index in [1.54, 1.807) is 11.3 Å². The van der Waals surface area contributed by atoms with Crippen LogP contribution in [0.15, 0.2) is 16.8 Å². The molecule has 1 N–H and O–H groups in total. The summed E-state index contributed by atoms with van der Waals surface area (Å²) in [7, 11) is 0. The molecule has 1 aromatic rings. The number of thiophene rings is 1. The molecule has 0 spiro atoms. The monoisotopic (exact) mass is 281 g/mol. The number of aliphatic hydroxyl groups is 1. The quantitative estimate of drug-likeness (QED) is 0.859. The van der Waals surface area contributed by atoms with Crippen molar-refractivity contribution in [2.45, 2.75) is 64.0 Å². The number of nitrogens with zero attached hydrogens (tertiary/aromatic N) is 1. The lowest BCUT2D eigenvalue weighted by atomic mass is 9.85. The van der Waals surface area contributed by atoms with Gasteiger partial charge in [-0.2, -0.15) is 11.3 Å². The molecule has 2 rings (SSSR count). The predicted molar refractivity (Wildman–Crippen MR) is 82.8 cm³/mol. The molecule has 0 bridgehead atoms. The molecular formula is C16H27NOS. The topological polar surface area (TPSA) is 23.5 Å². The van der Waals surface area contributed by atoms with Crippen molar-refractivity contribution in [3.63, 3.8) is 0 Å². The Kier molecular flexibility index (Phi) is 5.43. The van der Waals surface area contributed by atoms with Crippen LogP contribution in [0.3, 0.4) is 0 Å². The molecule has 2 heterocycles. The second-order valence-electron chi connectivity index (χ2n) is 5.94. The molecule has 108 valence electrons. The highest BCUT2D eigenvalue weighted by Crippen LogP contribution is 2.29. The Morgan fingerprint density at radius 1 is 1.37 bits per heavy atom. The summed E-state index contributed by atoms with van der Waals surface area (Å²) >= 11 is 1.74. The summed E-state index contributed by atoms with van der Waals surface area (Å²) in [5.74, 6) is 0. The minimum absolute atomic E-state index is 0.0452. The standard InChI is InChI=1S/C16H27NOS/c1-3-16(2,17-10-5-4-6-11-17)15(18)8-7-14-9-12-19-13-14/h9,12-13,15,18H,3-8,10-11H2,1-2H3. The molecule has 2 atom stereocenters. The highest BCUT2D eigenvalue weighted by atomic mass is 32.1. The zero-order valence-corrected chi connectivity index (χ0v) is 13.1. The fourth-order valence-electron chi connectivity index (χ4n) is 3.12. The van der Waals surface area contributed by atoms with Crippen molar-refractivity contribution in [3.05, 3.63) is 22.4 Å². The second kappa shape index (κ2) is 6.87. The van der Waals surface area contributed by atoms with Crippen molar-refractivity contribution in [1.29, 1.82) is 0 Å². The van der Waals surface area contributed by atoms with E-state index in [-0.39, 0.29) is 11.6 Å². The first kappa shape index (κ1) is 15.0. The fraction of sp³-hybridized carbons (Fsp3) is 0.750. The van der Waals surface area contributed by atoms with Gasteiger partial charge < -0.3 is 5.11 Å². The van der Waals surface area contributed by atoms with E-state index in [0.717, 1.165) is 32.4 Å². The Bertz CT molecular complexity index is 359. The number of aryl methyl sites for hydroxylation is 1. The first-order chi connectivity index (χ1) is 9.16. The van der Waals surface area contributed by atoms with E-state index in [2.05, 4.69) is 35.6 Å². The number of aliphatic hydroxyl groups excluding tert-OH is 1. The van der Waals surface area contributed by atoms with Gasteiger partial charge in [0.05, 0.1) is 6.10 Å². The van der Waals surface area contributed by atoms with Gasteiger partial charge in [-0.1, -0.05) is 13.3 Å². The molecule has 19 heavy (non-hydrogen) atoms. The normalized spacial score (nSPS) is 22.1. The number of rotatable bonds is 6. The second-order valence-corrected chi connectivity index (χ2v) is 6.72. The zero-order valence-electron chi connectivity index (χ0n) is 12.3. The molecule has 3 heteroatoms. The van der Waals surface area contributed by atoms with Gasteiger partial charge in [0.15, 0.2) is 0 Å². The Balaban J connectivity index is 1.94. The van der Waals surface area contributed by atoms with Gasteiger partial charge in [0.25, 0.3) is 0 Å². The Labute approximate surface area is 121 Å². The molecule has 0 aliphatic carbocycles. The third-order valence-electron chi connectivity index (χ3n) is 4.80. The van der Waals surface area contributed by atoms with Gasteiger partial charge >= 0.3 is 0 Å². The molecule has 0 radical (unpaired) electrons. The van der Waals surface area contributed by atoms with Crippen LogP contribution in [-0.4, -0.2) is 34.7 Å². The van der Waals surface area contributed by atoms with Crippen LogP contribution in [0.4, 0.5) is 0 Å². The van der Waals surface area contributed by atoms with E-state index in [1.807, 2.05) is 0 Å². The van der Waals surface area contributed by atoms with E-state index >= 15 is 0 Å². The van der Waals surface area contributed by atoms with Crippen molar-refractivity contribution in [1.82, 2.24) is 4.90 Å². The van der Waals surface area contributed by atoms with Gasteiger partial charge in [0.1, 0.15) is 0 Å². The van der Waals surface area contributed by atoms with Gasteiger partial charge in [-0.3, -0.25) is 4.90 Å². The maximum Gasteiger partial charge on any atom is 0.0724 e. The van der Waals surface area contributed by atoms with Crippen LogP contribution >= 0.6 is 11.3 Å². The molecule has 1 aliphatic rings. The molecule has 0 amide bonds. The van der Waals surface area contributed by atoms with E-state index < -0.39 is 0 Å². The SMILES string of the molecule is CCC(C)(C(O)CCc1ccsc1)N1CCCCC1. The van der Waals surface area contributed by atoms with E-state index in [1.165, 1.54) is 24.8 Å². The van der Waals surface area contributed by atoms with Gasteiger partial charge in [0, 0.05) is 5.54 Å². The summed E-state index contributed by atoms with van der Waals surface area (Å²) < 4.78 is 0. The number of hydrogen-bond acceptors (Lipinski definition) is 3. The summed E-state index contributed by atoms with van der Waals surface area (Å²) in [6.45, 7) is 6.76. The smallest absolute Gasteiger partial charge is 0.0724 e. The average molecular weight is 281 g/mol. The molecule has 1 aliphatic heterocycles. The first-order valence-electron chi connectivity index (χ1n) is 7.61. The van der Waals surface area contributed by atoms with E-state index in [0.29, 0.717) is 0 Å². The van der Waals surface area contributed by atoms with Gasteiger partial charge in [-0.15, -0.1) is 0 Å². The van der Waals surface area contributed by atoms with E-state index in [9.17, 15) is 5.11 Å². The molecule has 1 fully saturated rings. The van der Waals surface area contributed by atoms with Crippen LogP contribution in [0.5, 0.6) is 0 Å². The van der Waals surface area contributed by atoms with E-state index in [4.69, 9.17) is 0 Å².